The Morgan fingerprint density at radius 2 is 2.00 bits per heavy atom. The van der Waals surface area contributed by atoms with Crippen molar-refractivity contribution in [2.24, 2.45) is 5.92 Å². The summed E-state index contributed by atoms with van der Waals surface area (Å²) in [5.41, 5.74) is 1.15. The molecule has 1 aliphatic heterocycles. The summed E-state index contributed by atoms with van der Waals surface area (Å²) in [6, 6.07) is 0. The third-order valence-electron chi connectivity index (χ3n) is 7.18. The highest BCUT2D eigenvalue weighted by Gasteiger charge is 2.40. The third-order valence-corrected chi connectivity index (χ3v) is 7.18. The maximum absolute atomic E-state index is 12.7. The Kier molecular flexibility index (Phi) is 6.22. The SMILES string of the molecule is Cc1nc2nc[nH]n2c(=O)c1CCC(=O)NCC1(N2CCCCC2)CCC(C)CC1. The molecule has 164 valence electrons. The van der Waals surface area contributed by atoms with Crippen LogP contribution in [0.25, 0.3) is 5.78 Å². The van der Waals surface area contributed by atoms with E-state index in [0.29, 0.717) is 36.4 Å². The quantitative estimate of drug-likeness (QED) is 0.756. The van der Waals surface area contributed by atoms with E-state index < -0.39 is 0 Å². The molecular weight excluding hydrogens is 380 g/mol. The number of carbonyl (C=O) groups is 1. The predicted octanol–water partition coefficient (Wildman–Crippen LogP) is 2.21. The van der Waals surface area contributed by atoms with E-state index in [-0.39, 0.29) is 17.0 Å². The van der Waals surface area contributed by atoms with E-state index in [2.05, 4.69) is 32.2 Å². The lowest BCUT2D eigenvalue weighted by Crippen LogP contribution is -2.58. The number of nitrogens with one attached hydrogen (secondary N) is 2. The summed E-state index contributed by atoms with van der Waals surface area (Å²) >= 11 is 0. The first-order chi connectivity index (χ1) is 14.5. The number of fused-ring (bicyclic) bond motifs is 1. The molecule has 1 saturated carbocycles. The Bertz CT molecular complexity index is 935. The van der Waals surface area contributed by atoms with Gasteiger partial charge in [0.15, 0.2) is 0 Å². The summed E-state index contributed by atoms with van der Waals surface area (Å²) in [6.07, 6.45) is 10.8. The van der Waals surface area contributed by atoms with Gasteiger partial charge >= 0.3 is 0 Å². The van der Waals surface area contributed by atoms with Crippen molar-refractivity contribution in [3.63, 3.8) is 0 Å². The van der Waals surface area contributed by atoms with Gasteiger partial charge in [-0.05, 0) is 70.9 Å². The normalized spacial score (nSPS) is 25.5. The Balaban J connectivity index is 1.39. The number of aromatic amines is 1. The molecule has 0 atom stereocenters. The number of piperidine rings is 1. The predicted molar refractivity (Wildman–Crippen MR) is 115 cm³/mol. The molecule has 30 heavy (non-hydrogen) atoms. The maximum atomic E-state index is 12.7. The molecule has 2 fully saturated rings. The fourth-order valence-corrected chi connectivity index (χ4v) is 5.15. The number of amides is 1. The summed E-state index contributed by atoms with van der Waals surface area (Å²) in [5, 5.41) is 6.00. The number of likely N-dealkylation sites (tertiary alicyclic amines) is 1. The molecular formula is C22H34N6O2. The van der Waals surface area contributed by atoms with E-state index in [1.807, 2.05) is 0 Å². The monoisotopic (exact) mass is 414 g/mol. The highest BCUT2D eigenvalue weighted by molar-refractivity contribution is 5.76. The molecule has 0 unspecified atom stereocenters. The van der Waals surface area contributed by atoms with Crippen LogP contribution in [0.4, 0.5) is 0 Å². The summed E-state index contributed by atoms with van der Waals surface area (Å²) in [4.78, 5) is 36.4. The number of hydrogen-bond donors (Lipinski definition) is 2. The van der Waals surface area contributed by atoms with Crippen molar-refractivity contribution in [2.45, 2.75) is 77.2 Å². The van der Waals surface area contributed by atoms with Gasteiger partial charge in [0.1, 0.15) is 6.33 Å². The molecule has 0 bridgehead atoms. The van der Waals surface area contributed by atoms with Gasteiger partial charge in [0.05, 0.1) is 5.69 Å². The van der Waals surface area contributed by atoms with Crippen LogP contribution < -0.4 is 10.9 Å². The van der Waals surface area contributed by atoms with Gasteiger partial charge in [-0.1, -0.05) is 13.3 Å². The zero-order chi connectivity index (χ0) is 21.1. The molecule has 1 saturated heterocycles. The number of hydrogen-bond acceptors (Lipinski definition) is 5. The average Bonchev–Trinajstić information content (AvgIpc) is 3.23. The molecule has 0 aromatic carbocycles. The van der Waals surface area contributed by atoms with Crippen molar-refractivity contribution in [3.05, 3.63) is 27.9 Å². The number of H-pyrrole nitrogens is 1. The minimum absolute atomic E-state index is 0.0125. The van der Waals surface area contributed by atoms with E-state index in [0.717, 1.165) is 31.8 Å². The van der Waals surface area contributed by atoms with Crippen molar-refractivity contribution < 1.29 is 4.79 Å². The third kappa shape index (κ3) is 4.29. The van der Waals surface area contributed by atoms with Crippen molar-refractivity contribution in [1.29, 1.82) is 0 Å². The summed E-state index contributed by atoms with van der Waals surface area (Å²) < 4.78 is 1.33. The van der Waals surface area contributed by atoms with Gasteiger partial charge in [-0.25, -0.2) is 9.97 Å². The first-order valence-corrected chi connectivity index (χ1v) is 11.4. The van der Waals surface area contributed by atoms with Crippen LogP contribution >= 0.6 is 0 Å². The molecule has 0 radical (unpaired) electrons. The van der Waals surface area contributed by atoms with Crippen LogP contribution in [0.2, 0.25) is 0 Å². The molecule has 8 nitrogen and oxygen atoms in total. The van der Waals surface area contributed by atoms with Crippen molar-refractivity contribution >= 4 is 11.7 Å². The van der Waals surface area contributed by atoms with Crippen LogP contribution in [0.15, 0.2) is 11.1 Å². The van der Waals surface area contributed by atoms with E-state index in [1.54, 1.807) is 6.92 Å². The standard InChI is InChI=1S/C22H34N6O2/c1-16-8-10-22(11-9-16,27-12-4-3-5-13-27)14-23-19(29)7-6-18-17(2)26-21-24-15-25-28(21)20(18)30/h15-16H,3-14H2,1-2H3,(H,23,29)(H,24,25,26). The van der Waals surface area contributed by atoms with Crippen LogP contribution in [0, 0.1) is 12.8 Å². The van der Waals surface area contributed by atoms with Crippen molar-refractivity contribution in [3.8, 4) is 0 Å². The van der Waals surface area contributed by atoms with E-state index in [9.17, 15) is 9.59 Å². The van der Waals surface area contributed by atoms with E-state index in [1.165, 1.54) is 42.9 Å². The Morgan fingerprint density at radius 3 is 2.73 bits per heavy atom. The van der Waals surface area contributed by atoms with Gasteiger partial charge in [0.2, 0.25) is 5.91 Å². The lowest BCUT2D eigenvalue weighted by atomic mass is 9.75. The van der Waals surface area contributed by atoms with Crippen LogP contribution in [0.5, 0.6) is 0 Å². The maximum Gasteiger partial charge on any atom is 0.277 e. The summed E-state index contributed by atoms with van der Waals surface area (Å²) in [7, 11) is 0. The molecule has 4 rings (SSSR count). The van der Waals surface area contributed by atoms with E-state index in [4.69, 9.17) is 0 Å². The lowest BCUT2D eigenvalue weighted by molar-refractivity contribution is -0.122. The molecule has 2 aliphatic rings. The zero-order valence-corrected chi connectivity index (χ0v) is 18.2. The Morgan fingerprint density at radius 1 is 1.27 bits per heavy atom. The fraction of sp³-hybridized carbons (Fsp3) is 0.727. The molecule has 1 aliphatic carbocycles. The van der Waals surface area contributed by atoms with Gasteiger partial charge in [0.25, 0.3) is 11.3 Å². The highest BCUT2D eigenvalue weighted by atomic mass is 16.1. The van der Waals surface area contributed by atoms with Crippen LogP contribution in [-0.4, -0.2) is 55.6 Å². The molecule has 8 heteroatoms. The molecule has 0 spiro atoms. The van der Waals surface area contributed by atoms with Crippen molar-refractivity contribution in [2.75, 3.05) is 19.6 Å². The smallest absolute Gasteiger partial charge is 0.277 e. The summed E-state index contributed by atoms with van der Waals surface area (Å²) in [5.74, 6) is 1.15. The zero-order valence-electron chi connectivity index (χ0n) is 18.2. The number of rotatable bonds is 6. The lowest BCUT2D eigenvalue weighted by Gasteiger charge is -2.49. The van der Waals surface area contributed by atoms with E-state index >= 15 is 0 Å². The second kappa shape index (κ2) is 8.88. The fourth-order valence-electron chi connectivity index (χ4n) is 5.15. The van der Waals surface area contributed by atoms with Crippen LogP contribution in [0.3, 0.4) is 0 Å². The Hall–Kier alpha value is -2.22. The highest BCUT2D eigenvalue weighted by Crippen LogP contribution is 2.37. The van der Waals surface area contributed by atoms with Crippen LogP contribution in [-0.2, 0) is 11.2 Å². The van der Waals surface area contributed by atoms with Crippen molar-refractivity contribution in [1.82, 2.24) is 29.8 Å². The molecule has 2 aromatic heterocycles. The number of carbonyl (C=O) groups excluding carboxylic acids is 1. The molecule has 1 amide bonds. The van der Waals surface area contributed by atoms with Gasteiger partial charge in [0, 0.05) is 24.1 Å². The number of aromatic nitrogens is 4. The average molecular weight is 415 g/mol. The largest absolute Gasteiger partial charge is 0.354 e. The second-order valence-electron chi connectivity index (χ2n) is 9.23. The summed E-state index contributed by atoms with van der Waals surface area (Å²) in [6.45, 7) is 7.16. The second-order valence-corrected chi connectivity index (χ2v) is 9.23. The number of nitrogens with zero attached hydrogens (tertiary/aromatic N) is 4. The first-order valence-electron chi connectivity index (χ1n) is 11.4. The van der Waals surface area contributed by atoms with Gasteiger partial charge in [-0.15, -0.1) is 0 Å². The van der Waals surface area contributed by atoms with Gasteiger partial charge in [-0.3, -0.25) is 19.6 Å². The molecule has 2 N–H and O–H groups in total. The topological polar surface area (TPSA) is 95.4 Å². The van der Waals surface area contributed by atoms with Gasteiger partial charge < -0.3 is 5.32 Å². The Labute approximate surface area is 177 Å². The minimum Gasteiger partial charge on any atom is -0.354 e. The first kappa shape index (κ1) is 21.0. The molecule has 3 heterocycles. The number of aryl methyl sites for hydroxylation is 1. The van der Waals surface area contributed by atoms with Gasteiger partial charge in [-0.2, -0.15) is 4.52 Å². The van der Waals surface area contributed by atoms with Crippen LogP contribution in [0.1, 0.15) is 69.5 Å². The minimum atomic E-state index is -0.172. The molecule has 2 aromatic rings.